The maximum Gasteiger partial charge on any atom is 0.410 e. The Morgan fingerprint density at radius 3 is 2.55 bits per heavy atom. The Labute approximate surface area is 184 Å². The number of rotatable bonds is 8. The van der Waals surface area contributed by atoms with Crippen LogP contribution in [0, 0.1) is 5.41 Å². The van der Waals surface area contributed by atoms with Crippen LogP contribution in [0.15, 0.2) is 54.6 Å². The van der Waals surface area contributed by atoms with E-state index in [0.29, 0.717) is 32.8 Å². The van der Waals surface area contributed by atoms with Crippen molar-refractivity contribution in [1.29, 1.82) is 0 Å². The van der Waals surface area contributed by atoms with Gasteiger partial charge in [-0.05, 0) is 48.9 Å². The lowest BCUT2D eigenvalue weighted by atomic mass is 9.67. The molecule has 1 aliphatic carbocycles. The number of carbonyl (C=O) groups excluding carboxylic acids is 1. The molecule has 2 N–H and O–H groups in total. The van der Waals surface area contributed by atoms with Crippen LogP contribution in [0.3, 0.4) is 0 Å². The van der Waals surface area contributed by atoms with Crippen molar-refractivity contribution >= 4 is 6.09 Å². The number of hydrogen-bond acceptors (Lipinski definition) is 5. The molecule has 2 aliphatic rings. The van der Waals surface area contributed by atoms with E-state index < -0.39 is 5.60 Å². The Morgan fingerprint density at radius 2 is 1.84 bits per heavy atom. The predicted octanol–water partition coefficient (Wildman–Crippen LogP) is 4.12. The van der Waals surface area contributed by atoms with Gasteiger partial charge in [0.15, 0.2) is 0 Å². The summed E-state index contributed by atoms with van der Waals surface area (Å²) in [4.78, 5) is 14.5. The fourth-order valence-corrected chi connectivity index (χ4v) is 4.95. The first-order chi connectivity index (χ1) is 15.1. The summed E-state index contributed by atoms with van der Waals surface area (Å²) in [5, 5.41) is 0. The molecule has 1 spiro atoms. The first-order valence-corrected chi connectivity index (χ1v) is 11.0. The molecule has 1 saturated heterocycles. The highest BCUT2D eigenvalue weighted by atomic mass is 16.6. The third-order valence-electron chi connectivity index (χ3n) is 6.56. The van der Waals surface area contributed by atoms with E-state index in [4.69, 9.17) is 19.9 Å². The van der Waals surface area contributed by atoms with Crippen molar-refractivity contribution in [3.8, 4) is 5.75 Å². The van der Waals surface area contributed by atoms with Crippen LogP contribution in [-0.4, -0.2) is 43.4 Å². The molecule has 31 heavy (non-hydrogen) atoms. The van der Waals surface area contributed by atoms with Crippen molar-refractivity contribution in [2.45, 2.75) is 44.4 Å². The molecule has 0 radical (unpaired) electrons. The first-order valence-electron chi connectivity index (χ1n) is 11.0. The third-order valence-corrected chi connectivity index (χ3v) is 6.56. The number of methoxy groups -OCH3 is 1. The quantitative estimate of drug-likeness (QED) is 0.690. The second-order valence-electron chi connectivity index (χ2n) is 8.97. The number of hydrogen-bond donors (Lipinski definition) is 1. The second kappa shape index (κ2) is 9.28. The Kier molecular flexibility index (Phi) is 6.49. The molecule has 0 bridgehead atoms. The lowest BCUT2D eigenvalue weighted by Gasteiger charge is -2.44. The molecule has 2 aromatic carbocycles. The van der Waals surface area contributed by atoms with Crippen LogP contribution in [0.2, 0.25) is 0 Å². The molecule has 2 aromatic rings. The van der Waals surface area contributed by atoms with E-state index in [1.165, 1.54) is 0 Å². The Hall–Kier alpha value is -2.57. The highest BCUT2D eigenvalue weighted by Crippen LogP contribution is 2.46. The van der Waals surface area contributed by atoms with Gasteiger partial charge in [0.05, 0.1) is 26.9 Å². The maximum atomic E-state index is 12.7. The molecular weight excluding hydrogens is 392 g/mol. The molecule has 1 amide bonds. The minimum atomic E-state index is -0.475. The molecule has 1 saturated carbocycles. The standard InChI is InChI=1S/C25H32N2O4/c1-29-22-10-8-20(9-11-22)14-27-18-25(31-23(27)28)13-5-12-24(16-25,17-26)19-30-15-21-6-3-2-4-7-21/h2-4,6-11H,5,12-19,26H2,1H3. The highest BCUT2D eigenvalue weighted by Gasteiger charge is 2.52. The van der Waals surface area contributed by atoms with Gasteiger partial charge in [-0.1, -0.05) is 42.5 Å². The molecule has 2 unspecified atom stereocenters. The number of benzene rings is 2. The summed E-state index contributed by atoms with van der Waals surface area (Å²) in [6.45, 7) is 2.80. The van der Waals surface area contributed by atoms with Crippen molar-refractivity contribution < 1.29 is 19.0 Å². The zero-order valence-electron chi connectivity index (χ0n) is 18.2. The summed E-state index contributed by atoms with van der Waals surface area (Å²) < 4.78 is 17.3. The molecule has 1 heterocycles. The van der Waals surface area contributed by atoms with Crippen molar-refractivity contribution in [2.24, 2.45) is 11.1 Å². The van der Waals surface area contributed by atoms with Crippen molar-refractivity contribution in [1.82, 2.24) is 4.90 Å². The molecule has 1 aliphatic heterocycles. The summed E-state index contributed by atoms with van der Waals surface area (Å²) in [7, 11) is 1.65. The Balaban J connectivity index is 1.39. The molecular formula is C25H32N2O4. The van der Waals surface area contributed by atoms with E-state index in [1.807, 2.05) is 42.5 Å². The van der Waals surface area contributed by atoms with Gasteiger partial charge >= 0.3 is 6.09 Å². The Morgan fingerprint density at radius 1 is 1.06 bits per heavy atom. The number of carbonyl (C=O) groups is 1. The molecule has 6 nitrogen and oxygen atoms in total. The number of ether oxygens (including phenoxy) is 3. The summed E-state index contributed by atoms with van der Waals surface area (Å²) >= 11 is 0. The van der Waals surface area contributed by atoms with E-state index in [-0.39, 0.29) is 11.5 Å². The summed E-state index contributed by atoms with van der Waals surface area (Å²) in [5.74, 6) is 0.805. The molecule has 2 atom stereocenters. The molecule has 6 heteroatoms. The van der Waals surface area contributed by atoms with Crippen LogP contribution < -0.4 is 10.5 Å². The van der Waals surface area contributed by atoms with Gasteiger partial charge < -0.3 is 19.9 Å². The van der Waals surface area contributed by atoms with Gasteiger partial charge in [-0.25, -0.2) is 4.79 Å². The fraction of sp³-hybridized carbons (Fsp3) is 0.480. The predicted molar refractivity (Wildman–Crippen MR) is 119 cm³/mol. The van der Waals surface area contributed by atoms with E-state index in [0.717, 1.165) is 42.6 Å². The highest BCUT2D eigenvalue weighted by molar-refractivity contribution is 5.70. The lowest BCUT2D eigenvalue weighted by molar-refractivity contribution is -0.0626. The van der Waals surface area contributed by atoms with E-state index in [2.05, 4.69) is 12.1 Å². The van der Waals surface area contributed by atoms with Gasteiger partial charge in [-0.15, -0.1) is 0 Å². The van der Waals surface area contributed by atoms with Gasteiger partial charge in [0.1, 0.15) is 11.4 Å². The van der Waals surface area contributed by atoms with Crippen LogP contribution in [-0.2, 0) is 22.6 Å². The SMILES string of the molecule is COc1ccc(CN2CC3(CCCC(CN)(COCc4ccccc4)C3)OC2=O)cc1. The molecule has 4 rings (SSSR count). The molecule has 166 valence electrons. The largest absolute Gasteiger partial charge is 0.497 e. The normalized spacial score (nSPS) is 25.6. The average Bonchev–Trinajstić information content (AvgIpc) is 3.08. The molecule has 0 aromatic heterocycles. The van der Waals surface area contributed by atoms with Crippen LogP contribution in [0.1, 0.15) is 36.8 Å². The van der Waals surface area contributed by atoms with Crippen LogP contribution in [0.25, 0.3) is 0 Å². The first kappa shape index (κ1) is 21.7. The summed E-state index contributed by atoms with van der Waals surface area (Å²) in [5.41, 5.74) is 7.81. The number of nitrogens with two attached hydrogens (primary N) is 1. The number of amides is 1. The van der Waals surface area contributed by atoms with Crippen LogP contribution in [0.5, 0.6) is 5.75 Å². The summed E-state index contributed by atoms with van der Waals surface area (Å²) in [6, 6.07) is 18.0. The van der Waals surface area contributed by atoms with Crippen molar-refractivity contribution in [2.75, 3.05) is 26.8 Å². The van der Waals surface area contributed by atoms with Gasteiger partial charge in [0.25, 0.3) is 0 Å². The van der Waals surface area contributed by atoms with Crippen LogP contribution >= 0.6 is 0 Å². The van der Waals surface area contributed by atoms with Crippen LogP contribution in [0.4, 0.5) is 4.79 Å². The summed E-state index contributed by atoms with van der Waals surface area (Å²) in [6.07, 6.45) is 3.36. The van der Waals surface area contributed by atoms with Crippen molar-refractivity contribution in [3.63, 3.8) is 0 Å². The second-order valence-corrected chi connectivity index (χ2v) is 8.97. The van der Waals surface area contributed by atoms with Gasteiger partial charge in [-0.3, -0.25) is 4.90 Å². The minimum Gasteiger partial charge on any atom is -0.497 e. The smallest absolute Gasteiger partial charge is 0.410 e. The maximum absolute atomic E-state index is 12.7. The monoisotopic (exact) mass is 424 g/mol. The average molecular weight is 425 g/mol. The zero-order chi connectivity index (χ0) is 21.7. The van der Waals surface area contributed by atoms with Gasteiger partial charge in [-0.2, -0.15) is 0 Å². The van der Waals surface area contributed by atoms with Crippen molar-refractivity contribution in [3.05, 3.63) is 65.7 Å². The number of nitrogens with zero attached hydrogens (tertiary/aromatic N) is 1. The topological polar surface area (TPSA) is 74.0 Å². The minimum absolute atomic E-state index is 0.163. The van der Waals surface area contributed by atoms with E-state index >= 15 is 0 Å². The fourth-order valence-electron chi connectivity index (χ4n) is 4.95. The Bertz CT molecular complexity index is 873. The van der Waals surface area contributed by atoms with E-state index in [1.54, 1.807) is 12.0 Å². The third kappa shape index (κ3) is 5.02. The lowest BCUT2D eigenvalue weighted by Crippen LogP contribution is -2.49. The zero-order valence-corrected chi connectivity index (χ0v) is 18.2. The molecule has 2 fully saturated rings. The van der Waals surface area contributed by atoms with E-state index in [9.17, 15) is 4.79 Å². The van der Waals surface area contributed by atoms with Gasteiger partial charge in [0.2, 0.25) is 0 Å². The van der Waals surface area contributed by atoms with Gasteiger partial charge in [0, 0.05) is 18.5 Å².